The highest BCUT2D eigenvalue weighted by Gasteiger charge is 2.42. The molecule has 0 saturated carbocycles. The van der Waals surface area contributed by atoms with Crippen LogP contribution in [0.25, 0.3) is 22.1 Å². The van der Waals surface area contributed by atoms with Crippen LogP contribution in [0.3, 0.4) is 0 Å². The fourth-order valence-electron chi connectivity index (χ4n) is 5.16. The molecule has 1 saturated heterocycles. The zero-order chi connectivity index (χ0) is 30.9. The molecule has 0 bridgehead atoms. The standard InChI is InChI=1S/C36H39FN2O4Si/c1-36(2,3)44(4,5)43-27-21-39(22-27)31-20-30(37)33(28-18-19-40-34(28)31)29-16-17-32(41-23-25-12-8-6-9-13-25)38-35(29)42-24-26-14-10-7-11-15-26/h6-20,27H,21-24H2,1-5H3. The quantitative estimate of drug-likeness (QED) is 0.147. The van der Waals surface area contributed by atoms with E-state index in [4.69, 9.17) is 23.3 Å². The number of anilines is 1. The van der Waals surface area contributed by atoms with Crippen LogP contribution < -0.4 is 14.4 Å². The van der Waals surface area contributed by atoms with Crippen LogP contribution in [-0.4, -0.2) is 32.5 Å². The summed E-state index contributed by atoms with van der Waals surface area (Å²) in [7, 11) is -1.90. The molecular formula is C36H39FN2O4Si. The highest BCUT2D eigenvalue weighted by molar-refractivity contribution is 6.74. The lowest BCUT2D eigenvalue weighted by Crippen LogP contribution is -2.58. The largest absolute Gasteiger partial charge is 0.473 e. The maximum Gasteiger partial charge on any atom is 0.225 e. The SMILES string of the molecule is CC(C)(C)[Si](C)(C)OC1CN(c2cc(F)c(-c3ccc(OCc4ccccc4)nc3OCc3ccccc3)c3ccoc23)C1. The van der Waals surface area contributed by atoms with Crippen LogP contribution in [0.1, 0.15) is 31.9 Å². The fourth-order valence-corrected chi connectivity index (χ4v) is 6.50. The van der Waals surface area contributed by atoms with Gasteiger partial charge in [-0.15, -0.1) is 0 Å². The molecule has 1 aliphatic rings. The third-order valence-corrected chi connectivity index (χ3v) is 13.2. The smallest absolute Gasteiger partial charge is 0.225 e. The summed E-state index contributed by atoms with van der Waals surface area (Å²) in [6, 6.07) is 26.6. The minimum absolute atomic E-state index is 0.120. The number of furan rings is 1. The Labute approximate surface area is 259 Å². The van der Waals surface area contributed by atoms with E-state index in [1.165, 1.54) is 0 Å². The van der Waals surface area contributed by atoms with Crippen LogP contribution >= 0.6 is 0 Å². The number of ether oxygens (including phenoxy) is 2. The molecule has 0 radical (unpaired) electrons. The summed E-state index contributed by atoms with van der Waals surface area (Å²) in [5.41, 5.74) is 4.28. The molecule has 3 aromatic carbocycles. The molecule has 0 N–H and O–H groups in total. The molecule has 0 atom stereocenters. The molecule has 6 rings (SSSR count). The molecule has 8 heteroatoms. The van der Waals surface area contributed by atoms with Crippen molar-refractivity contribution in [2.75, 3.05) is 18.0 Å². The van der Waals surface area contributed by atoms with Crippen LogP contribution in [0.5, 0.6) is 11.8 Å². The number of pyridine rings is 1. The van der Waals surface area contributed by atoms with E-state index in [1.54, 1.807) is 24.5 Å². The van der Waals surface area contributed by atoms with Gasteiger partial charge >= 0.3 is 0 Å². The summed E-state index contributed by atoms with van der Waals surface area (Å²) in [4.78, 5) is 6.82. The van der Waals surface area contributed by atoms with E-state index < -0.39 is 8.32 Å². The average Bonchev–Trinajstić information content (AvgIpc) is 3.47. The second-order valence-corrected chi connectivity index (χ2v) is 17.6. The summed E-state index contributed by atoms with van der Waals surface area (Å²) < 4.78 is 41.0. The van der Waals surface area contributed by atoms with Crippen LogP contribution in [0.4, 0.5) is 10.1 Å². The van der Waals surface area contributed by atoms with E-state index in [0.717, 1.165) is 16.8 Å². The molecule has 228 valence electrons. The van der Waals surface area contributed by atoms with E-state index in [2.05, 4.69) is 38.8 Å². The Hall–Kier alpha value is -4.14. The molecule has 1 aliphatic heterocycles. The molecule has 2 aromatic heterocycles. The molecule has 44 heavy (non-hydrogen) atoms. The topological polar surface area (TPSA) is 57.0 Å². The monoisotopic (exact) mass is 610 g/mol. The highest BCUT2D eigenvalue weighted by Crippen LogP contribution is 2.44. The van der Waals surface area contributed by atoms with E-state index in [-0.39, 0.29) is 23.6 Å². The Kier molecular flexibility index (Phi) is 8.22. The van der Waals surface area contributed by atoms with Crippen molar-refractivity contribution in [1.29, 1.82) is 0 Å². The van der Waals surface area contributed by atoms with Gasteiger partial charge in [-0.05, 0) is 41.4 Å². The maximum atomic E-state index is 16.2. The molecule has 0 aliphatic carbocycles. The lowest BCUT2D eigenvalue weighted by atomic mass is 9.99. The number of hydrogen-bond acceptors (Lipinski definition) is 6. The number of nitrogens with zero attached hydrogens (tertiary/aromatic N) is 2. The lowest BCUT2D eigenvalue weighted by molar-refractivity contribution is 0.149. The minimum atomic E-state index is -1.90. The maximum absolute atomic E-state index is 16.2. The van der Waals surface area contributed by atoms with E-state index in [9.17, 15) is 0 Å². The van der Waals surface area contributed by atoms with Crippen LogP contribution in [0.2, 0.25) is 18.1 Å². The third kappa shape index (κ3) is 6.23. The Bertz CT molecular complexity index is 1730. The molecule has 5 aromatic rings. The van der Waals surface area contributed by atoms with Gasteiger partial charge in [0.05, 0.1) is 18.1 Å². The second kappa shape index (κ2) is 12.1. The number of aromatic nitrogens is 1. The van der Waals surface area contributed by atoms with Crippen molar-refractivity contribution in [3.8, 4) is 22.9 Å². The van der Waals surface area contributed by atoms with Crippen molar-refractivity contribution in [2.24, 2.45) is 0 Å². The predicted molar refractivity (Wildman–Crippen MR) is 175 cm³/mol. The van der Waals surface area contributed by atoms with Crippen molar-refractivity contribution >= 4 is 25.0 Å². The van der Waals surface area contributed by atoms with Crippen molar-refractivity contribution in [2.45, 2.75) is 58.2 Å². The van der Waals surface area contributed by atoms with Gasteiger partial charge in [0, 0.05) is 41.7 Å². The van der Waals surface area contributed by atoms with Gasteiger partial charge < -0.3 is 23.2 Å². The summed E-state index contributed by atoms with van der Waals surface area (Å²) in [5.74, 6) is 0.321. The number of hydrogen-bond donors (Lipinski definition) is 0. The van der Waals surface area contributed by atoms with Gasteiger partial charge in [0.2, 0.25) is 11.8 Å². The van der Waals surface area contributed by atoms with Gasteiger partial charge in [-0.1, -0.05) is 81.4 Å². The van der Waals surface area contributed by atoms with Crippen LogP contribution in [0, 0.1) is 5.82 Å². The minimum Gasteiger partial charge on any atom is -0.473 e. The first kappa shape index (κ1) is 29.9. The molecular weight excluding hydrogens is 571 g/mol. The third-order valence-electron chi connectivity index (χ3n) is 8.68. The summed E-state index contributed by atoms with van der Waals surface area (Å²) in [6.45, 7) is 13.3. The first-order chi connectivity index (χ1) is 21.1. The Morgan fingerprint density at radius 1 is 0.886 bits per heavy atom. The molecule has 1 fully saturated rings. The fraction of sp³-hybridized carbons (Fsp3) is 0.306. The van der Waals surface area contributed by atoms with Crippen LogP contribution in [0.15, 0.2) is 95.6 Å². The van der Waals surface area contributed by atoms with E-state index >= 15 is 4.39 Å². The van der Waals surface area contributed by atoms with Crippen molar-refractivity contribution in [3.63, 3.8) is 0 Å². The van der Waals surface area contributed by atoms with Gasteiger partial charge in [-0.2, -0.15) is 4.98 Å². The number of fused-ring (bicyclic) bond motifs is 1. The predicted octanol–water partition coefficient (Wildman–Crippen LogP) is 9.00. The molecule has 0 unspecified atom stereocenters. The first-order valence-corrected chi connectivity index (χ1v) is 18.0. The number of halogens is 1. The number of rotatable bonds is 10. The van der Waals surface area contributed by atoms with Crippen LogP contribution in [-0.2, 0) is 17.6 Å². The normalized spacial score (nSPS) is 14.1. The summed E-state index contributed by atoms with van der Waals surface area (Å²) in [5, 5.41) is 0.796. The molecule has 0 amide bonds. The van der Waals surface area contributed by atoms with E-state index in [0.29, 0.717) is 53.6 Å². The molecule has 0 spiro atoms. The van der Waals surface area contributed by atoms with Crippen molar-refractivity contribution < 1.29 is 22.7 Å². The van der Waals surface area contributed by atoms with Gasteiger partial charge in [0.15, 0.2) is 13.9 Å². The average molecular weight is 611 g/mol. The van der Waals surface area contributed by atoms with Gasteiger partial charge in [-0.25, -0.2) is 4.39 Å². The zero-order valence-corrected chi connectivity index (χ0v) is 27.0. The van der Waals surface area contributed by atoms with Crippen molar-refractivity contribution in [1.82, 2.24) is 4.98 Å². The number of benzene rings is 3. The Morgan fingerprint density at radius 3 is 2.16 bits per heavy atom. The zero-order valence-electron chi connectivity index (χ0n) is 26.0. The van der Waals surface area contributed by atoms with E-state index in [1.807, 2.05) is 66.7 Å². The molecule has 3 heterocycles. The first-order valence-electron chi connectivity index (χ1n) is 15.1. The second-order valence-electron chi connectivity index (χ2n) is 12.9. The molecule has 6 nitrogen and oxygen atoms in total. The summed E-state index contributed by atoms with van der Waals surface area (Å²) >= 11 is 0. The Morgan fingerprint density at radius 2 is 1.52 bits per heavy atom. The van der Waals surface area contributed by atoms with Gasteiger partial charge in [0.1, 0.15) is 19.0 Å². The van der Waals surface area contributed by atoms with Gasteiger partial charge in [-0.3, -0.25) is 0 Å². The van der Waals surface area contributed by atoms with Gasteiger partial charge in [0.25, 0.3) is 0 Å². The van der Waals surface area contributed by atoms with Crippen molar-refractivity contribution in [3.05, 3.63) is 108 Å². The lowest BCUT2D eigenvalue weighted by Gasteiger charge is -2.47. The highest BCUT2D eigenvalue weighted by atomic mass is 28.4. The summed E-state index contributed by atoms with van der Waals surface area (Å²) in [6.07, 6.45) is 1.73. The Balaban J connectivity index is 1.30.